The first-order valence-electron chi connectivity index (χ1n) is 12.2. The third kappa shape index (κ3) is 6.85. The normalized spacial score (nSPS) is 12.9. The average molecular weight is 580 g/mol. The molecule has 3 aromatic rings. The third-order valence-corrected chi connectivity index (χ3v) is 6.16. The molecule has 0 saturated heterocycles. The van der Waals surface area contributed by atoms with Crippen LogP contribution in [-0.4, -0.2) is 55.5 Å². The highest BCUT2D eigenvalue weighted by Crippen LogP contribution is 2.40. The fraction of sp³-hybridized carbons (Fsp3) is 0.321. The van der Waals surface area contributed by atoms with Crippen LogP contribution in [0.25, 0.3) is 11.3 Å². The van der Waals surface area contributed by atoms with E-state index in [1.807, 2.05) is 0 Å². The predicted molar refractivity (Wildman–Crippen MR) is 140 cm³/mol. The molecule has 0 spiro atoms. The van der Waals surface area contributed by atoms with Crippen molar-refractivity contribution in [3.05, 3.63) is 71.2 Å². The number of alkyl halides is 3. The van der Waals surface area contributed by atoms with Gasteiger partial charge in [0, 0.05) is 11.1 Å². The quantitative estimate of drug-likeness (QED) is 0.292. The summed E-state index contributed by atoms with van der Waals surface area (Å²) in [7, 11) is 2.55. The van der Waals surface area contributed by atoms with Gasteiger partial charge in [-0.25, -0.2) is 9.37 Å². The summed E-state index contributed by atoms with van der Waals surface area (Å²) in [6.45, 7) is 1.75. The lowest BCUT2D eigenvalue weighted by atomic mass is 9.95. The van der Waals surface area contributed by atoms with Gasteiger partial charge in [0.2, 0.25) is 5.60 Å². The SMILES string of the molecule is COc1cc(C(=O)NCC(O)(c2ccc(OC)c(-c3ccc(F)c(C(C)C)c3)n2)C(F)(F)F)ccc1OCC(N)=O. The number of ether oxygens (including phenoxy) is 3. The summed E-state index contributed by atoms with van der Waals surface area (Å²) in [5, 5.41) is 13.0. The van der Waals surface area contributed by atoms with Crippen molar-refractivity contribution in [3.63, 3.8) is 0 Å². The molecule has 4 N–H and O–H groups in total. The first-order valence-corrected chi connectivity index (χ1v) is 12.2. The monoisotopic (exact) mass is 579 g/mol. The van der Waals surface area contributed by atoms with Crippen molar-refractivity contribution in [1.82, 2.24) is 10.3 Å². The van der Waals surface area contributed by atoms with Crippen LogP contribution < -0.4 is 25.3 Å². The Morgan fingerprint density at radius 2 is 1.66 bits per heavy atom. The van der Waals surface area contributed by atoms with Gasteiger partial charge < -0.3 is 30.4 Å². The second-order valence-electron chi connectivity index (χ2n) is 9.30. The number of aromatic nitrogens is 1. The fourth-order valence-corrected chi connectivity index (χ4v) is 3.90. The summed E-state index contributed by atoms with van der Waals surface area (Å²) in [6, 6.07) is 9.79. The molecule has 1 atom stereocenters. The van der Waals surface area contributed by atoms with Crippen molar-refractivity contribution in [2.75, 3.05) is 27.4 Å². The van der Waals surface area contributed by atoms with Crippen molar-refractivity contribution < 1.29 is 46.5 Å². The Morgan fingerprint density at radius 3 is 2.24 bits per heavy atom. The largest absolute Gasteiger partial charge is 0.494 e. The van der Waals surface area contributed by atoms with E-state index in [-0.39, 0.29) is 40.0 Å². The van der Waals surface area contributed by atoms with Crippen LogP contribution in [0.1, 0.15) is 41.4 Å². The number of benzene rings is 2. The number of halogens is 4. The van der Waals surface area contributed by atoms with Gasteiger partial charge in [-0.15, -0.1) is 0 Å². The maximum atomic E-state index is 14.3. The number of pyridine rings is 1. The zero-order valence-corrected chi connectivity index (χ0v) is 22.6. The van der Waals surface area contributed by atoms with Gasteiger partial charge in [-0.3, -0.25) is 9.59 Å². The highest BCUT2D eigenvalue weighted by Gasteiger charge is 2.56. The van der Waals surface area contributed by atoms with E-state index in [0.29, 0.717) is 5.56 Å². The van der Waals surface area contributed by atoms with Crippen LogP contribution in [0.5, 0.6) is 17.2 Å². The zero-order chi connectivity index (χ0) is 30.5. The van der Waals surface area contributed by atoms with Crippen LogP contribution in [-0.2, 0) is 10.4 Å². The molecule has 0 aliphatic carbocycles. The van der Waals surface area contributed by atoms with Crippen molar-refractivity contribution in [2.24, 2.45) is 5.73 Å². The Balaban J connectivity index is 1.96. The lowest BCUT2D eigenvalue weighted by molar-refractivity contribution is -0.265. The summed E-state index contributed by atoms with van der Waals surface area (Å²) in [4.78, 5) is 27.8. The molecule has 0 radical (unpaired) electrons. The number of amides is 2. The Hall–Kier alpha value is -4.39. The molecule has 0 aliphatic heterocycles. The first-order chi connectivity index (χ1) is 19.2. The summed E-state index contributed by atoms with van der Waals surface area (Å²) in [5.74, 6) is -2.25. The first kappa shape index (κ1) is 31.1. The maximum Gasteiger partial charge on any atom is 0.424 e. The van der Waals surface area contributed by atoms with Crippen LogP contribution in [0.4, 0.5) is 17.6 Å². The number of nitrogens with zero attached hydrogens (tertiary/aromatic N) is 1. The number of aliphatic hydroxyl groups is 1. The van der Waals surface area contributed by atoms with E-state index >= 15 is 0 Å². The highest BCUT2D eigenvalue weighted by molar-refractivity contribution is 5.95. The van der Waals surface area contributed by atoms with E-state index in [2.05, 4.69) is 10.3 Å². The average Bonchev–Trinajstić information content (AvgIpc) is 2.93. The van der Waals surface area contributed by atoms with Crippen LogP contribution in [0.15, 0.2) is 48.5 Å². The lowest BCUT2D eigenvalue weighted by Gasteiger charge is -2.30. The number of primary amides is 1. The van der Waals surface area contributed by atoms with Gasteiger partial charge in [0.05, 0.1) is 26.5 Å². The Labute approximate surface area is 233 Å². The van der Waals surface area contributed by atoms with E-state index in [0.717, 1.165) is 6.07 Å². The van der Waals surface area contributed by atoms with E-state index in [1.165, 1.54) is 56.7 Å². The number of hydrogen-bond donors (Lipinski definition) is 3. The van der Waals surface area contributed by atoms with Crippen molar-refractivity contribution in [2.45, 2.75) is 31.5 Å². The molecular formula is C28H29F4N3O6. The second-order valence-corrected chi connectivity index (χ2v) is 9.30. The Bertz CT molecular complexity index is 1430. The van der Waals surface area contributed by atoms with Gasteiger partial charge in [-0.2, -0.15) is 13.2 Å². The molecule has 1 heterocycles. The molecule has 0 fully saturated rings. The molecule has 9 nitrogen and oxygen atoms in total. The highest BCUT2D eigenvalue weighted by atomic mass is 19.4. The Morgan fingerprint density at radius 1 is 1.00 bits per heavy atom. The van der Waals surface area contributed by atoms with E-state index in [4.69, 9.17) is 19.9 Å². The standard InChI is InChI=1S/C28H29F4N3O6/c1-15(2)18-11-16(5-7-19(18)29)25-21(39-3)9-10-23(35-25)27(38,28(30,31)32)14-34-26(37)17-6-8-20(22(12-17)40-4)41-13-24(33)36/h5-12,15,38H,13-14H2,1-4H3,(H2,33,36)(H,34,37). The van der Waals surface area contributed by atoms with Crippen LogP contribution in [0.3, 0.4) is 0 Å². The molecular weight excluding hydrogens is 550 g/mol. The van der Waals surface area contributed by atoms with Crippen molar-refractivity contribution >= 4 is 11.8 Å². The summed E-state index contributed by atoms with van der Waals surface area (Å²) < 4.78 is 72.8. The van der Waals surface area contributed by atoms with Crippen LogP contribution >= 0.6 is 0 Å². The Kier molecular flexibility index (Phi) is 9.43. The van der Waals surface area contributed by atoms with Crippen LogP contribution in [0, 0.1) is 5.82 Å². The van der Waals surface area contributed by atoms with Gasteiger partial charge >= 0.3 is 6.18 Å². The van der Waals surface area contributed by atoms with E-state index in [1.54, 1.807) is 13.8 Å². The number of hydrogen-bond acceptors (Lipinski definition) is 7. The van der Waals surface area contributed by atoms with Gasteiger partial charge in [0.15, 0.2) is 18.1 Å². The second kappa shape index (κ2) is 12.4. The minimum atomic E-state index is -5.27. The molecule has 41 heavy (non-hydrogen) atoms. The molecule has 13 heteroatoms. The van der Waals surface area contributed by atoms with Gasteiger partial charge in [0.1, 0.15) is 17.3 Å². The van der Waals surface area contributed by atoms with Crippen molar-refractivity contribution in [3.8, 4) is 28.5 Å². The predicted octanol–water partition coefficient (Wildman–Crippen LogP) is 4.07. The number of nitrogens with one attached hydrogen (secondary N) is 1. The number of methoxy groups -OCH3 is 2. The van der Waals surface area contributed by atoms with E-state index in [9.17, 15) is 32.3 Å². The lowest BCUT2D eigenvalue weighted by Crippen LogP contribution is -2.51. The zero-order valence-electron chi connectivity index (χ0n) is 22.6. The van der Waals surface area contributed by atoms with Gasteiger partial charge in [-0.05, 0) is 60.0 Å². The van der Waals surface area contributed by atoms with Crippen molar-refractivity contribution in [1.29, 1.82) is 0 Å². The minimum absolute atomic E-state index is 0.0199. The molecule has 2 aromatic carbocycles. The fourth-order valence-electron chi connectivity index (χ4n) is 3.90. The number of carbonyl (C=O) groups is 2. The molecule has 0 aliphatic rings. The molecule has 3 rings (SSSR count). The summed E-state index contributed by atoms with van der Waals surface area (Å²) in [5.41, 5.74) is 1.03. The molecule has 0 saturated carbocycles. The topological polar surface area (TPSA) is 133 Å². The minimum Gasteiger partial charge on any atom is -0.494 e. The van der Waals surface area contributed by atoms with Gasteiger partial charge in [0.25, 0.3) is 11.8 Å². The summed E-state index contributed by atoms with van der Waals surface area (Å²) >= 11 is 0. The maximum absolute atomic E-state index is 14.3. The number of nitrogens with two attached hydrogens (primary N) is 1. The third-order valence-electron chi connectivity index (χ3n) is 6.16. The van der Waals surface area contributed by atoms with Gasteiger partial charge in [-0.1, -0.05) is 13.8 Å². The van der Waals surface area contributed by atoms with E-state index < -0.39 is 48.3 Å². The molecule has 0 bridgehead atoms. The number of rotatable bonds is 11. The van der Waals surface area contributed by atoms with Crippen LogP contribution in [0.2, 0.25) is 0 Å². The summed E-state index contributed by atoms with van der Waals surface area (Å²) in [6.07, 6.45) is -5.27. The smallest absolute Gasteiger partial charge is 0.424 e. The molecule has 2 amide bonds. The number of carbonyl (C=O) groups excluding carboxylic acids is 2. The molecule has 220 valence electrons. The molecule has 1 unspecified atom stereocenters. The molecule has 1 aromatic heterocycles.